The van der Waals surface area contributed by atoms with E-state index in [1.807, 2.05) is 0 Å². The van der Waals surface area contributed by atoms with Gasteiger partial charge in [0.15, 0.2) is 5.79 Å². The third-order valence-electron chi connectivity index (χ3n) is 14.2. The van der Waals surface area contributed by atoms with Crippen LogP contribution in [0.25, 0.3) is 0 Å². The first-order valence-electron chi connectivity index (χ1n) is 15.3. The van der Waals surface area contributed by atoms with Crippen LogP contribution < -0.4 is 0 Å². The van der Waals surface area contributed by atoms with Gasteiger partial charge in [0.05, 0.1) is 11.7 Å². The second-order valence-corrected chi connectivity index (χ2v) is 16.4. The van der Waals surface area contributed by atoms with E-state index in [4.69, 9.17) is 14.2 Å². The summed E-state index contributed by atoms with van der Waals surface area (Å²) in [5.41, 5.74) is -2.29. The van der Waals surface area contributed by atoms with Crippen molar-refractivity contribution in [3.63, 3.8) is 0 Å². The highest BCUT2D eigenvalue weighted by Gasteiger charge is 2.82. The molecule has 4 unspecified atom stereocenters. The molecule has 38 heavy (non-hydrogen) atoms. The van der Waals surface area contributed by atoms with Gasteiger partial charge in [-0.3, -0.25) is 4.79 Å². The van der Waals surface area contributed by atoms with Gasteiger partial charge in [-0.2, -0.15) is 0 Å². The Morgan fingerprint density at radius 1 is 0.868 bits per heavy atom. The van der Waals surface area contributed by atoms with Crippen molar-refractivity contribution in [1.82, 2.24) is 0 Å². The highest BCUT2D eigenvalue weighted by molar-refractivity contribution is 5.66. The Balaban J connectivity index is 1.38. The average Bonchev–Trinajstić information content (AvgIpc) is 3.39. The molecule has 6 rings (SSSR count). The summed E-state index contributed by atoms with van der Waals surface area (Å²) in [5, 5.41) is 23.4. The fourth-order valence-electron chi connectivity index (χ4n) is 12.1. The van der Waals surface area contributed by atoms with Crippen molar-refractivity contribution in [2.45, 2.75) is 155 Å². The topological polar surface area (TPSA) is 85.2 Å². The van der Waals surface area contributed by atoms with Gasteiger partial charge in [0.1, 0.15) is 17.3 Å². The van der Waals surface area contributed by atoms with Crippen LogP contribution in [0.1, 0.15) is 120 Å². The van der Waals surface area contributed by atoms with E-state index in [1.54, 1.807) is 13.8 Å². The molecule has 1 spiro atoms. The summed E-state index contributed by atoms with van der Waals surface area (Å²) >= 11 is 0. The fraction of sp³-hybridized carbons (Fsp3) is 0.969. The summed E-state index contributed by atoms with van der Waals surface area (Å²) < 4.78 is 19.6. The van der Waals surface area contributed by atoms with Crippen molar-refractivity contribution < 1.29 is 29.2 Å². The number of aliphatic hydroxyl groups is 2. The van der Waals surface area contributed by atoms with Crippen molar-refractivity contribution in [3.05, 3.63) is 0 Å². The van der Waals surface area contributed by atoms with Gasteiger partial charge in [0, 0.05) is 24.7 Å². The van der Waals surface area contributed by atoms with Gasteiger partial charge >= 0.3 is 5.97 Å². The van der Waals surface area contributed by atoms with E-state index in [-0.39, 0.29) is 39.7 Å². The molecule has 0 amide bonds. The molecule has 4 saturated carbocycles. The summed E-state index contributed by atoms with van der Waals surface area (Å²) in [5.74, 6) is -0.401. The zero-order valence-electron chi connectivity index (χ0n) is 25.3. The van der Waals surface area contributed by atoms with E-state index in [1.165, 1.54) is 6.92 Å². The number of hydrogen-bond acceptors (Lipinski definition) is 6. The monoisotopic (exact) mass is 532 g/mol. The Morgan fingerprint density at radius 2 is 1.55 bits per heavy atom. The molecule has 0 radical (unpaired) electrons. The normalized spacial score (nSPS) is 56.9. The number of carbonyl (C=O) groups is 1. The Kier molecular flexibility index (Phi) is 5.48. The Labute approximate surface area is 229 Å². The van der Waals surface area contributed by atoms with Crippen molar-refractivity contribution in [3.8, 4) is 0 Å². The maximum absolute atomic E-state index is 12.2. The van der Waals surface area contributed by atoms with Crippen LogP contribution in [-0.4, -0.2) is 51.0 Å². The molecule has 2 N–H and O–H groups in total. The number of carbonyl (C=O) groups excluding carboxylic acids is 1. The van der Waals surface area contributed by atoms with Gasteiger partial charge in [-0.25, -0.2) is 0 Å². The predicted octanol–water partition coefficient (Wildman–Crippen LogP) is 5.76. The molecule has 0 aromatic heterocycles. The number of ether oxygens (including phenoxy) is 3. The SMILES string of the molecule is CC(=O)OC1CC[C@@]2(C)C(CC[C@]3(C)C2C[C@@H](O)C2[C@@]3(C)CC[C@@]23O[C@@]2(C(C)(C)O)CC[C@]3(C)O2)C1(C)C. The minimum atomic E-state index is -1.11. The summed E-state index contributed by atoms with van der Waals surface area (Å²) in [6.07, 6.45) is 7.77. The highest BCUT2D eigenvalue weighted by Crippen LogP contribution is 2.79. The first-order chi connectivity index (χ1) is 17.3. The minimum Gasteiger partial charge on any atom is -0.462 e. The summed E-state index contributed by atoms with van der Waals surface area (Å²) in [6, 6.07) is 0. The van der Waals surface area contributed by atoms with Crippen LogP contribution in [0.2, 0.25) is 0 Å². The smallest absolute Gasteiger partial charge is 0.302 e. The second-order valence-electron chi connectivity index (χ2n) is 16.4. The molecule has 2 aliphatic heterocycles. The first kappa shape index (κ1) is 27.5. The molecule has 2 bridgehead atoms. The third-order valence-corrected chi connectivity index (χ3v) is 14.2. The fourth-order valence-corrected chi connectivity index (χ4v) is 12.1. The molecule has 2 saturated heterocycles. The van der Waals surface area contributed by atoms with Gasteiger partial charge in [-0.1, -0.05) is 34.6 Å². The Morgan fingerprint density at radius 3 is 2.16 bits per heavy atom. The minimum absolute atomic E-state index is 0.0312. The van der Waals surface area contributed by atoms with Crippen LogP contribution in [0.15, 0.2) is 0 Å². The van der Waals surface area contributed by atoms with E-state index in [0.29, 0.717) is 18.3 Å². The summed E-state index contributed by atoms with van der Waals surface area (Å²) in [7, 11) is 0. The highest BCUT2D eigenvalue weighted by atomic mass is 16.8. The molecule has 2 heterocycles. The van der Waals surface area contributed by atoms with Gasteiger partial charge in [0.2, 0.25) is 0 Å². The van der Waals surface area contributed by atoms with Crippen LogP contribution in [0.5, 0.6) is 0 Å². The van der Waals surface area contributed by atoms with Crippen LogP contribution >= 0.6 is 0 Å². The second kappa shape index (κ2) is 7.57. The van der Waals surface area contributed by atoms with E-state index in [2.05, 4.69) is 41.5 Å². The maximum atomic E-state index is 12.2. The Hall–Kier alpha value is -0.690. The number of aliphatic hydroxyl groups excluding tert-OH is 1. The van der Waals surface area contributed by atoms with Gasteiger partial charge in [0.25, 0.3) is 0 Å². The lowest BCUT2D eigenvalue weighted by molar-refractivity contribution is -0.295. The molecule has 6 nitrogen and oxygen atoms in total. The summed E-state index contributed by atoms with van der Waals surface area (Å²) in [6.45, 7) is 19.4. The summed E-state index contributed by atoms with van der Waals surface area (Å²) in [4.78, 5) is 11.9. The lowest BCUT2D eigenvalue weighted by atomic mass is 9.35. The standard InChI is InChI=1S/C32H52O6/c1-19(33)36-23-11-12-27(6)21(25(23,2)3)10-13-28(7)22(27)18-20(34)24-29(28,8)14-16-31(24)30(9)15-17-32(37-30,38-31)26(4,5)35/h20-24,34-35H,10-18H2,1-9H3/t20-,21?,22?,23?,24?,27+,28-,29-,30+,31-,32-/m1/s1. The molecule has 4 aliphatic carbocycles. The molecule has 216 valence electrons. The quantitative estimate of drug-likeness (QED) is 0.440. The molecule has 6 aliphatic rings. The third kappa shape index (κ3) is 2.97. The number of hydrogen-bond donors (Lipinski definition) is 2. The van der Waals surface area contributed by atoms with E-state index >= 15 is 0 Å². The zero-order chi connectivity index (χ0) is 27.9. The van der Waals surface area contributed by atoms with Crippen LogP contribution in [0.4, 0.5) is 0 Å². The molecule has 0 aromatic rings. The molecule has 11 atom stereocenters. The number of rotatable bonds is 2. The van der Waals surface area contributed by atoms with Crippen molar-refractivity contribution >= 4 is 5.97 Å². The van der Waals surface area contributed by atoms with Gasteiger partial charge in [-0.05, 0) is 100 Å². The number of esters is 1. The van der Waals surface area contributed by atoms with Gasteiger partial charge in [-0.15, -0.1) is 0 Å². The lowest BCUT2D eigenvalue weighted by Gasteiger charge is -2.71. The average molecular weight is 533 g/mol. The molecule has 6 fully saturated rings. The molecule has 0 aromatic carbocycles. The molecular formula is C32H52O6. The predicted molar refractivity (Wildman–Crippen MR) is 144 cm³/mol. The van der Waals surface area contributed by atoms with Gasteiger partial charge < -0.3 is 24.4 Å². The largest absolute Gasteiger partial charge is 0.462 e. The zero-order valence-corrected chi connectivity index (χ0v) is 25.3. The van der Waals surface area contributed by atoms with Crippen LogP contribution in [0.3, 0.4) is 0 Å². The van der Waals surface area contributed by atoms with Crippen molar-refractivity contribution in [2.24, 2.45) is 39.4 Å². The Bertz CT molecular complexity index is 1030. The lowest BCUT2D eigenvalue weighted by Crippen LogP contribution is -2.69. The maximum Gasteiger partial charge on any atom is 0.302 e. The van der Waals surface area contributed by atoms with Crippen LogP contribution in [0, 0.1) is 39.4 Å². The number of fused-ring (bicyclic) bond motifs is 9. The van der Waals surface area contributed by atoms with Crippen molar-refractivity contribution in [1.29, 1.82) is 0 Å². The van der Waals surface area contributed by atoms with E-state index in [9.17, 15) is 15.0 Å². The van der Waals surface area contributed by atoms with E-state index < -0.39 is 28.7 Å². The molecule has 6 heteroatoms. The van der Waals surface area contributed by atoms with Crippen molar-refractivity contribution in [2.75, 3.05) is 0 Å². The molecular weight excluding hydrogens is 480 g/mol. The van der Waals surface area contributed by atoms with E-state index in [0.717, 1.165) is 51.4 Å². The van der Waals surface area contributed by atoms with Crippen LogP contribution in [-0.2, 0) is 19.0 Å². The first-order valence-corrected chi connectivity index (χ1v) is 15.3.